The van der Waals surface area contributed by atoms with E-state index in [9.17, 15) is 14.0 Å². The predicted octanol–water partition coefficient (Wildman–Crippen LogP) is 2.78. The van der Waals surface area contributed by atoms with E-state index >= 15 is 0 Å². The van der Waals surface area contributed by atoms with Gasteiger partial charge in [0.15, 0.2) is 0 Å². The summed E-state index contributed by atoms with van der Waals surface area (Å²) in [5.74, 6) is -1.21. The molecule has 0 atom stereocenters. The van der Waals surface area contributed by atoms with E-state index in [-0.39, 0.29) is 23.1 Å². The molecule has 0 amide bonds. The minimum Gasteiger partial charge on any atom is -0.462 e. The van der Waals surface area contributed by atoms with Gasteiger partial charge in [0.05, 0.1) is 12.1 Å². The molecule has 0 aliphatic rings. The number of nitrogens with one attached hydrogen (secondary N) is 1. The normalized spacial score (nSPS) is 10.7. The smallest absolute Gasteiger partial charge is 0.343 e. The largest absolute Gasteiger partial charge is 0.462 e. The summed E-state index contributed by atoms with van der Waals surface area (Å²) >= 11 is 2.08. The number of aromatic nitrogens is 1. The monoisotopic (exact) mass is 375 g/mol. The van der Waals surface area contributed by atoms with Gasteiger partial charge in [0.2, 0.25) is 5.43 Å². The third kappa shape index (κ3) is 2.63. The molecule has 1 aromatic carbocycles. The summed E-state index contributed by atoms with van der Waals surface area (Å²) in [5.41, 5.74) is 0.168. The molecule has 0 aliphatic heterocycles. The zero-order chi connectivity index (χ0) is 14.0. The number of H-pyrrole nitrogens is 1. The molecule has 0 saturated heterocycles. The Balaban J connectivity index is 2.70. The standard InChI is InChI=1S/C13H11FINO3/c1-2-19-13(18)9-6-16-11-8(12(9)17)3-7(5-15)4-10(11)14/h3-4,6H,2,5H2,1H3,(H,16,17). The SMILES string of the molecule is CCOC(=O)c1c[nH]c2c(F)cc(CI)cc2c1=O. The molecular formula is C13H11FINO3. The number of halogens is 2. The van der Waals surface area contributed by atoms with Crippen LogP contribution < -0.4 is 5.43 Å². The van der Waals surface area contributed by atoms with Crippen molar-refractivity contribution < 1.29 is 13.9 Å². The van der Waals surface area contributed by atoms with Gasteiger partial charge in [0, 0.05) is 16.0 Å². The van der Waals surface area contributed by atoms with Crippen LogP contribution in [0.15, 0.2) is 23.1 Å². The van der Waals surface area contributed by atoms with Crippen LogP contribution in [0.5, 0.6) is 0 Å². The van der Waals surface area contributed by atoms with E-state index in [1.807, 2.05) is 0 Å². The number of carbonyl (C=O) groups excluding carboxylic acids is 1. The number of carbonyl (C=O) groups is 1. The first-order valence-corrected chi connectivity index (χ1v) is 7.18. The Morgan fingerprint density at radius 1 is 1.47 bits per heavy atom. The van der Waals surface area contributed by atoms with Crippen molar-refractivity contribution in [2.75, 3.05) is 6.61 Å². The molecular weight excluding hydrogens is 364 g/mol. The predicted molar refractivity (Wildman–Crippen MR) is 78.2 cm³/mol. The third-order valence-electron chi connectivity index (χ3n) is 2.65. The average molecular weight is 375 g/mol. The summed E-state index contributed by atoms with van der Waals surface area (Å²) < 4.78 is 19.2. The molecule has 6 heteroatoms. The number of hydrogen-bond donors (Lipinski definition) is 1. The lowest BCUT2D eigenvalue weighted by Crippen LogP contribution is -2.18. The Hall–Kier alpha value is -1.44. The molecule has 1 N–H and O–H groups in total. The Bertz CT molecular complexity index is 696. The van der Waals surface area contributed by atoms with Crippen molar-refractivity contribution in [3.8, 4) is 0 Å². The van der Waals surface area contributed by atoms with Crippen molar-refractivity contribution in [1.29, 1.82) is 0 Å². The molecule has 1 aromatic heterocycles. The number of rotatable bonds is 3. The fourth-order valence-electron chi connectivity index (χ4n) is 1.78. The number of alkyl halides is 1. The maximum Gasteiger partial charge on any atom is 0.343 e. The van der Waals surface area contributed by atoms with Crippen molar-refractivity contribution in [3.63, 3.8) is 0 Å². The van der Waals surface area contributed by atoms with E-state index in [2.05, 4.69) is 27.6 Å². The van der Waals surface area contributed by atoms with Gasteiger partial charge in [-0.25, -0.2) is 9.18 Å². The van der Waals surface area contributed by atoms with E-state index in [0.29, 0.717) is 9.99 Å². The van der Waals surface area contributed by atoms with Crippen molar-refractivity contribution in [1.82, 2.24) is 4.98 Å². The topological polar surface area (TPSA) is 59.2 Å². The number of pyridine rings is 1. The van der Waals surface area contributed by atoms with Crippen molar-refractivity contribution in [2.45, 2.75) is 11.4 Å². The molecule has 0 spiro atoms. The van der Waals surface area contributed by atoms with Gasteiger partial charge in [-0.15, -0.1) is 0 Å². The Kier molecular flexibility index (Phi) is 4.18. The van der Waals surface area contributed by atoms with Crippen LogP contribution in [-0.4, -0.2) is 17.6 Å². The highest BCUT2D eigenvalue weighted by Crippen LogP contribution is 2.18. The van der Waals surface area contributed by atoms with Crippen molar-refractivity contribution in [2.24, 2.45) is 0 Å². The number of ether oxygens (including phenoxy) is 1. The van der Waals surface area contributed by atoms with Gasteiger partial charge >= 0.3 is 5.97 Å². The summed E-state index contributed by atoms with van der Waals surface area (Å²) in [5, 5.41) is 0.164. The summed E-state index contributed by atoms with van der Waals surface area (Å²) in [6.45, 7) is 1.83. The van der Waals surface area contributed by atoms with Crippen LogP contribution in [0.4, 0.5) is 4.39 Å². The lowest BCUT2D eigenvalue weighted by Gasteiger charge is -2.05. The van der Waals surface area contributed by atoms with Crippen LogP contribution >= 0.6 is 22.6 Å². The number of fused-ring (bicyclic) bond motifs is 1. The maximum absolute atomic E-state index is 13.8. The van der Waals surface area contributed by atoms with E-state index in [0.717, 1.165) is 0 Å². The van der Waals surface area contributed by atoms with Crippen LogP contribution in [0.3, 0.4) is 0 Å². The second-order valence-electron chi connectivity index (χ2n) is 3.89. The molecule has 0 fully saturated rings. The minimum absolute atomic E-state index is 0.103. The molecule has 0 aliphatic carbocycles. The number of aromatic amines is 1. The van der Waals surface area contributed by atoms with Crippen LogP contribution in [-0.2, 0) is 9.16 Å². The highest BCUT2D eigenvalue weighted by atomic mass is 127. The first-order chi connectivity index (χ1) is 9.08. The molecule has 19 heavy (non-hydrogen) atoms. The van der Waals surface area contributed by atoms with Crippen molar-refractivity contribution >= 4 is 39.5 Å². The number of benzene rings is 1. The van der Waals surface area contributed by atoms with Gasteiger partial charge in [0.1, 0.15) is 11.4 Å². The minimum atomic E-state index is -0.703. The number of esters is 1. The van der Waals surface area contributed by atoms with E-state index in [4.69, 9.17) is 4.74 Å². The Labute approximate surface area is 122 Å². The first kappa shape index (κ1) is 14.0. The lowest BCUT2D eigenvalue weighted by molar-refractivity contribution is 0.0524. The van der Waals surface area contributed by atoms with E-state index < -0.39 is 17.2 Å². The molecule has 2 aromatic rings. The third-order valence-corrected chi connectivity index (χ3v) is 3.53. The molecule has 1 heterocycles. The van der Waals surface area contributed by atoms with E-state index in [1.165, 1.54) is 12.3 Å². The molecule has 0 bridgehead atoms. The second kappa shape index (κ2) is 5.68. The zero-order valence-electron chi connectivity index (χ0n) is 10.1. The fraction of sp³-hybridized carbons (Fsp3) is 0.231. The van der Waals surface area contributed by atoms with Crippen molar-refractivity contribution in [3.05, 3.63) is 45.5 Å². The zero-order valence-corrected chi connectivity index (χ0v) is 12.3. The Morgan fingerprint density at radius 3 is 2.84 bits per heavy atom. The van der Waals surface area contributed by atoms with Crippen LogP contribution in [0, 0.1) is 5.82 Å². The van der Waals surface area contributed by atoms with Gasteiger partial charge in [-0.1, -0.05) is 22.6 Å². The lowest BCUT2D eigenvalue weighted by atomic mass is 10.1. The highest BCUT2D eigenvalue weighted by molar-refractivity contribution is 14.1. The van der Waals surface area contributed by atoms with Crippen LogP contribution in [0.2, 0.25) is 0 Å². The van der Waals surface area contributed by atoms with Crippen LogP contribution in [0.25, 0.3) is 10.9 Å². The first-order valence-electron chi connectivity index (χ1n) is 5.65. The number of hydrogen-bond acceptors (Lipinski definition) is 3. The summed E-state index contributed by atoms with van der Waals surface area (Å²) in [4.78, 5) is 26.4. The molecule has 0 radical (unpaired) electrons. The molecule has 0 saturated carbocycles. The van der Waals surface area contributed by atoms with Gasteiger partial charge < -0.3 is 9.72 Å². The Morgan fingerprint density at radius 2 is 2.21 bits per heavy atom. The van der Waals surface area contributed by atoms with Gasteiger partial charge in [0.25, 0.3) is 0 Å². The summed E-state index contributed by atoms with van der Waals surface area (Å²) in [7, 11) is 0. The quantitative estimate of drug-likeness (QED) is 0.510. The second-order valence-corrected chi connectivity index (χ2v) is 4.65. The van der Waals surface area contributed by atoms with Crippen LogP contribution in [0.1, 0.15) is 22.8 Å². The summed E-state index contributed by atoms with van der Waals surface area (Å²) in [6.07, 6.45) is 1.19. The molecule has 2 rings (SSSR count). The fourth-order valence-corrected chi connectivity index (χ4v) is 2.22. The maximum atomic E-state index is 13.8. The van der Waals surface area contributed by atoms with E-state index in [1.54, 1.807) is 13.0 Å². The average Bonchev–Trinajstić information content (AvgIpc) is 2.39. The highest BCUT2D eigenvalue weighted by Gasteiger charge is 2.16. The molecule has 0 unspecified atom stereocenters. The molecule has 100 valence electrons. The van der Waals surface area contributed by atoms with Gasteiger partial charge in [-0.2, -0.15) is 0 Å². The van der Waals surface area contributed by atoms with Gasteiger partial charge in [-0.3, -0.25) is 4.79 Å². The van der Waals surface area contributed by atoms with Gasteiger partial charge in [-0.05, 0) is 24.6 Å². The summed E-state index contributed by atoms with van der Waals surface area (Å²) in [6, 6.07) is 2.96. The molecule has 4 nitrogen and oxygen atoms in total.